The molecule has 142 valence electrons. The number of hydrogen-bond acceptors (Lipinski definition) is 4. The molecule has 0 aromatic carbocycles. The Morgan fingerprint density at radius 1 is 1.15 bits per heavy atom. The Morgan fingerprint density at radius 2 is 1.85 bits per heavy atom. The van der Waals surface area contributed by atoms with E-state index < -0.39 is 5.54 Å². The van der Waals surface area contributed by atoms with Crippen LogP contribution in [0.3, 0.4) is 0 Å². The van der Waals surface area contributed by atoms with E-state index in [1.807, 2.05) is 29.1 Å². The van der Waals surface area contributed by atoms with Crippen LogP contribution in [0.15, 0.2) is 12.3 Å². The van der Waals surface area contributed by atoms with Crippen LogP contribution in [0.5, 0.6) is 0 Å². The Bertz CT molecular complexity index is 667. The molecule has 0 spiro atoms. The van der Waals surface area contributed by atoms with E-state index in [1.165, 1.54) is 12.8 Å². The highest BCUT2D eigenvalue weighted by Crippen LogP contribution is 2.35. The van der Waals surface area contributed by atoms with Gasteiger partial charge in [-0.1, -0.05) is 0 Å². The van der Waals surface area contributed by atoms with Gasteiger partial charge in [0.2, 0.25) is 11.8 Å². The van der Waals surface area contributed by atoms with Gasteiger partial charge in [-0.3, -0.25) is 14.3 Å². The van der Waals surface area contributed by atoms with Gasteiger partial charge in [0, 0.05) is 51.9 Å². The average Bonchev–Trinajstić information content (AvgIpc) is 3.11. The van der Waals surface area contributed by atoms with Crippen molar-refractivity contribution in [2.45, 2.75) is 50.5 Å². The summed E-state index contributed by atoms with van der Waals surface area (Å²) in [5, 5.41) is 7.86. The summed E-state index contributed by atoms with van der Waals surface area (Å²) in [6.45, 7) is 2.97. The predicted molar refractivity (Wildman–Crippen MR) is 98.5 cm³/mol. The van der Waals surface area contributed by atoms with Crippen LogP contribution in [-0.4, -0.2) is 63.1 Å². The fourth-order valence-corrected chi connectivity index (χ4v) is 4.18. The van der Waals surface area contributed by atoms with Crippen molar-refractivity contribution in [2.24, 2.45) is 13.0 Å². The number of piperidine rings is 1. The van der Waals surface area contributed by atoms with Gasteiger partial charge in [-0.25, -0.2) is 0 Å². The van der Waals surface area contributed by atoms with E-state index in [4.69, 9.17) is 0 Å². The molecule has 3 heterocycles. The molecule has 2 amide bonds. The third-order valence-electron chi connectivity index (χ3n) is 6.01. The van der Waals surface area contributed by atoms with E-state index in [2.05, 4.69) is 10.4 Å². The summed E-state index contributed by atoms with van der Waals surface area (Å²) in [6, 6.07) is 1.91. The third-order valence-corrected chi connectivity index (χ3v) is 6.01. The molecule has 7 heteroatoms. The minimum Gasteiger partial charge on any atom is -0.354 e. The fourth-order valence-electron chi connectivity index (χ4n) is 4.18. The van der Waals surface area contributed by atoms with Gasteiger partial charge in [-0.2, -0.15) is 5.10 Å². The van der Waals surface area contributed by atoms with Crippen molar-refractivity contribution < 1.29 is 9.59 Å². The van der Waals surface area contributed by atoms with Crippen LogP contribution < -0.4 is 5.32 Å². The van der Waals surface area contributed by atoms with E-state index >= 15 is 0 Å². The summed E-state index contributed by atoms with van der Waals surface area (Å²) in [6.07, 6.45) is 8.40. The van der Waals surface area contributed by atoms with E-state index in [9.17, 15) is 9.59 Å². The highest BCUT2D eigenvalue weighted by atomic mass is 16.2. The smallest absolute Gasteiger partial charge is 0.248 e. The standard InChI is InChI=1S/C19H29N5O2/c1-22-11-6-16(21-22)20-19(18(26)24-9-2-3-10-24)7-12-23(13-8-19)17(25)14-15-4-5-15/h6,11,15H,2-5,7-10,12-14H2,1H3,(H,20,21). The highest BCUT2D eigenvalue weighted by Gasteiger charge is 2.45. The topological polar surface area (TPSA) is 70.5 Å². The average molecular weight is 359 g/mol. The molecule has 2 saturated heterocycles. The second-order valence-corrected chi connectivity index (χ2v) is 8.11. The van der Waals surface area contributed by atoms with Crippen LogP contribution in [0.25, 0.3) is 0 Å². The van der Waals surface area contributed by atoms with Crippen LogP contribution in [0, 0.1) is 5.92 Å². The molecular formula is C19H29N5O2. The van der Waals surface area contributed by atoms with Crippen molar-refractivity contribution in [3.05, 3.63) is 12.3 Å². The summed E-state index contributed by atoms with van der Waals surface area (Å²) in [7, 11) is 1.87. The number of carbonyl (C=O) groups excluding carboxylic acids is 2. The summed E-state index contributed by atoms with van der Waals surface area (Å²) in [5.41, 5.74) is -0.644. The number of rotatable bonds is 5. The van der Waals surface area contributed by atoms with Crippen LogP contribution >= 0.6 is 0 Å². The molecule has 0 unspecified atom stereocenters. The molecule has 7 nitrogen and oxygen atoms in total. The number of likely N-dealkylation sites (tertiary alicyclic amines) is 2. The first-order valence-corrected chi connectivity index (χ1v) is 9.91. The number of aryl methyl sites for hydroxylation is 1. The second kappa shape index (κ2) is 6.93. The molecule has 2 aliphatic heterocycles. The lowest BCUT2D eigenvalue weighted by atomic mass is 9.85. The summed E-state index contributed by atoms with van der Waals surface area (Å²) >= 11 is 0. The van der Waals surface area contributed by atoms with Crippen molar-refractivity contribution in [1.29, 1.82) is 0 Å². The molecule has 26 heavy (non-hydrogen) atoms. The first-order chi connectivity index (χ1) is 12.6. The van der Waals surface area contributed by atoms with Gasteiger partial charge in [0.25, 0.3) is 0 Å². The number of hydrogen-bond donors (Lipinski definition) is 1. The third kappa shape index (κ3) is 3.57. The van der Waals surface area contributed by atoms with Gasteiger partial charge in [0.15, 0.2) is 0 Å². The number of anilines is 1. The molecule has 4 rings (SSSR count). The van der Waals surface area contributed by atoms with E-state index in [1.54, 1.807) is 4.68 Å². The monoisotopic (exact) mass is 359 g/mol. The maximum Gasteiger partial charge on any atom is 0.248 e. The number of nitrogens with one attached hydrogen (secondary N) is 1. The zero-order valence-electron chi connectivity index (χ0n) is 15.6. The van der Waals surface area contributed by atoms with E-state index in [-0.39, 0.29) is 11.8 Å². The molecule has 1 aliphatic carbocycles. The number of carbonyl (C=O) groups is 2. The molecule has 3 fully saturated rings. The predicted octanol–water partition coefficient (Wildman–Crippen LogP) is 1.62. The molecule has 1 aromatic rings. The van der Waals surface area contributed by atoms with Crippen molar-refractivity contribution in [3.8, 4) is 0 Å². The lowest BCUT2D eigenvalue weighted by molar-refractivity contribution is -0.140. The first kappa shape index (κ1) is 17.4. The fraction of sp³-hybridized carbons (Fsp3) is 0.737. The number of nitrogens with zero attached hydrogens (tertiary/aromatic N) is 4. The molecule has 0 atom stereocenters. The maximum absolute atomic E-state index is 13.3. The van der Waals surface area contributed by atoms with E-state index in [0.29, 0.717) is 38.3 Å². The molecule has 0 bridgehead atoms. The number of aromatic nitrogens is 2. The van der Waals surface area contributed by atoms with Crippen molar-refractivity contribution in [1.82, 2.24) is 19.6 Å². The SMILES string of the molecule is Cn1ccc(NC2(C(=O)N3CCCC3)CCN(C(=O)CC3CC3)CC2)n1. The van der Waals surface area contributed by atoms with Crippen LogP contribution in [0.1, 0.15) is 44.9 Å². The molecule has 1 aromatic heterocycles. The zero-order valence-corrected chi connectivity index (χ0v) is 15.6. The van der Waals surface area contributed by atoms with Gasteiger partial charge >= 0.3 is 0 Å². The summed E-state index contributed by atoms with van der Waals surface area (Å²) in [5.74, 6) is 1.77. The zero-order chi connectivity index (χ0) is 18.1. The Labute approximate surface area is 154 Å². The Balaban J connectivity index is 1.48. The van der Waals surface area contributed by atoms with E-state index in [0.717, 1.165) is 31.7 Å². The molecule has 3 aliphatic rings. The Kier molecular flexibility index (Phi) is 4.63. The van der Waals surface area contributed by atoms with Crippen molar-refractivity contribution in [3.63, 3.8) is 0 Å². The van der Waals surface area contributed by atoms with Gasteiger partial charge in [0.05, 0.1) is 0 Å². The molecule has 1 saturated carbocycles. The van der Waals surface area contributed by atoms with Gasteiger partial charge in [0.1, 0.15) is 11.4 Å². The largest absolute Gasteiger partial charge is 0.354 e. The summed E-state index contributed by atoms with van der Waals surface area (Å²) in [4.78, 5) is 29.7. The molecule has 0 radical (unpaired) electrons. The lowest BCUT2D eigenvalue weighted by Crippen LogP contribution is -2.59. The molecule has 1 N–H and O–H groups in total. The van der Waals surface area contributed by atoms with Crippen LogP contribution in [0.4, 0.5) is 5.82 Å². The van der Waals surface area contributed by atoms with Crippen molar-refractivity contribution in [2.75, 3.05) is 31.5 Å². The molecular weight excluding hydrogens is 330 g/mol. The lowest BCUT2D eigenvalue weighted by Gasteiger charge is -2.43. The van der Waals surface area contributed by atoms with Crippen molar-refractivity contribution >= 4 is 17.6 Å². The van der Waals surface area contributed by atoms with Crippen LogP contribution in [-0.2, 0) is 16.6 Å². The first-order valence-electron chi connectivity index (χ1n) is 9.91. The summed E-state index contributed by atoms with van der Waals surface area (Å²) < 4.78 is 1.74. The van der Waals surface area contributed by atoms with Gasteiger partial charge < -0.3 is 15.1 Å². The highest BCUT2D eigenvalue weighted by molar-refractivity contribution is 5.90. The minimum absolute atomic E-state index is 0.176. The maximum atomic E-state index is 13.3. The Hall–Kier alpha value is -2.05. The normalized spacial score (nSPS) is 22.5. The van der Waals surface area contributed by atoms with Crippen LogP contribution in [0.2, 0.25) is 0 Å². The second-order valence-electron chi connectivity index (χ2n) is 8.11. The quantitative estimate of drug-likeness (QED) is 0.867. The minimum atomic E-state index is -0.644. The van der Waals surface area contributed by atoms with Gasteiger partial charge in [-0.15, -0.1) is 0 Å². The van der Waals surface area contributed by atoms with Gasteiger partial charge in [-0.05, 0) is 44.4 Å². The Morgan fingerprint density at radius 3 is 2.42 bits per heavy atom. The number of amides is 2.